The highest BCUT2D eigenvalue weighted by molar-refractivity contribution is 5.93. The van der Waals surface area contributed by atoms with Crippen LogP contribution in [0.1, 0.15) is 79.0 Å². The Labute approximate surface area is 141 Å². The minimum atomic E-state index is -0.0137. The van der Waals surface area contributed by atoms with E-state index in [0.717, 1.165) is 10.8 Å². The lowest BCUT2D eigenvalue weighted by Gasteiger charge is -2.28. The lowest BCUT2D eigenvalue weighted by molar-refractivity contribution is 0.475. The molecular weight excluding hydrogens is 280 g/mol. The Kier molecular flexibility index (Phi) is 4.08. The van der Waals surface area contributed by atoms with Gasteiger partial charge in [0, 0.05) is 5.39 Å². The van der Waals surface area contributed by atoms with Crippen LogP contribution in [0, 0.1) is 0 Å². The van der Waals surface area contributed by atoms with Crippen LogP contribution in [-0.2, 0) is 16.2 Å². The van der Waals surface area contributed by atoms with E-state index < -0.39 is 0 Å². The molecule has 126 valence electrons. The summed E-state index contributed by atoms with van der Waals surface area (Å²) in [4.78, 5) is 0. The Balaban J connectivity index is 2.94. The number of rotatable bonds is 0. The predicted octanol–water partition coefficient (Wildman–Crippen LogP) is 6.44. The second-order valence-electron chi connectivity index (χ2n) is 9.87. The largest absolute Gasteiger partial charge is 0.507 e. The highest BCUT2D eigenvalue weighted by atomic mass is 16.3. The summed E-state index contributed by atoms with van der Waals surface area (Å²) in [6, 6.07) is 8.71. The van der Waals surface area contributed by atoms with Crippen molar-refractivity contribution in [3.8, 4) is 5.75 Å². The van der Waals surface area contributed by atoms with Crippen LogP contribution >= 0.6 is 0 Å². The summed E-state index contributed by atoms with van der Waals surface area (Å²) >= 11 is 0. The lowest BCUT2D eigenvalue weighted by atomic mass is 9.76. The van der Waals surface area contributed by atoms with E-state index in [4.69, 9.17) is 0 Å². The highest BCUT2D eigenvalue weighted by Crippen LogP contribution is 2.41. The standard InChI is InChI=1S/C22H32O/c1-20(2,3)15-10-14-11-16(21(4,5)6)13-18(23)19(14)17(12-15)22(7,8)9/h10-13,23H,1-9H3. The quantitative estimate of drug-likeness (QED) is 0.593. The van der Waals surface area contributed by atoms with E-state index in [9.17, 15) is 5.11 Å². The van der Waals surface area contributed by atoms with Gasteiger partial charge in [0.05, 0.1) is 0 Å². The molecule has 0 spiro atoms. The van der Waals surface area contributed by atoms with Gasteiger partial charge in [-0.1, -0.05) is 80.5 Å². The van der Waals surface area contributed by atoms with Gasteiger partial charge in [0.2, 0.25) is 0 Å². The first-order chi connectivity index (χ1) is 10.2. The van der Waals surface area contributed by atoms with Crippen molar-refractivity contribution >= 4 is 10.8 Å². The molecule has 0 saturated carbocycles. The van der Waals surface area contributed by atoms with Gasteiger partial charge < -0.3 is 5.11 Å². The van der Waals surface area contributed by atoms with E-state index in [1.807, 2.05) is 6.07 Å². The molecule has 23 heavy (non-hydrogen) atoms. The molecule has 0 aliphatic rings. The number of fused-ring (bicyclic) bond motifs is 1. The van der Waals surface area contributed by atoms with Crippen molar-refractivity contribution in [2.24, 2.45) is 0 Å². The van der Waals surface area contributed by atoms with Crippen LogP contribution in [0.5, 0.6) is 5.75 Å². The summed E-state index contributed by atoms with van der Waals surface area (Å²) in [6.07, 6.45) is 0. The van der Waals surface area contributed by atoms with Crippen LogP contribution in [0.25, 0.3) is 10.8 Å². The van der Waals surface area contributed by atoms with Gasteiger partial charge in [-0.3, -0.25) is 0 Å². The maximum atomic E-state index is 10.8. The van der Waals surface area contributed by atoms with Crippen molar-refractivity contribution in [1.29, 1.82) is 0 Å². The first-order valence-corrected chi connectivity index (χ1v) is 8.53. The van der Waals surface area contributed by atoms with Gasteiger partial charge in [-0.25, -0.2) is 0 Å². The minimum absolute atomic E-state index is 0.0137. The monoisotopic (exact) mass is 312 g/mol. The lowest BCUT2D eigenvalue weighted by Crippen LogP contribution is -2.17. The second kappa shape index (κ2) is 5.26. The molecule has 0 saturated heterocycles. The number of phenols is 1. The number of hydrogen-bond acceptors (Lipinski definition) is 1. The summed E-state index contributed by atoms with van der Waals surface area (Å²) in [5, 5.41) is 12.9. The summed E-state index contributed by atoms with van der Waals surface area (Å²) in [5.41, 5.74) is 3.80. The normalized spacial score (nSPS) is 13.6. The molecule has 0 amide bonds. The number of hydrogen-bond donors (Lipinski definition) is 1. The van der Waals surface area contributed by atoms with Crippen LogP contribution in [-0.4, -0.2) is 5.11 Å². The molecular formula is C22H32O. The third kappa shape index (κ3) is 3.54. The fraction of sp³-hybridized carbons (Fsp3) is 0.545. The van der Waals surface area contributed by atoms with Gasteiger partial charge >= 0.3 is 0 Å². The zero-order valence-electron chi connectivity index (χ0n) is 16.3. The van der Waals surface area contributed by atoms with Crippen molar-refractivity contribution in [2.45, 2.75) is 78.6 Å². The second-order valence-corrected chi connectivity index (χ2v) is 9.87. The van der Waals surface area contributed by atoms with Crippen LogP contribution in [0.2, 0.25) is 0 Å². The van der Waals surface area contributed by atoms with Crippen LogP contribution in [0.4, 0.5) is 0 Å². The summed E-state index contributed by atoms with van der Waals surface area (Å²) < 4.78 is 0. The molecule has 1 N–H and O–H groups in total. The Morgan fingerprint density at radius 3 is 1.43 bits per heavy atom. The van der Waals surface area contributed by atoms with Gasteiger partial charge in [-0.05, 0) is 44.4 Å². The van der Waals surface area contributed by atoms with Gasteiger partial charge in [-0.15, -0.1) is 0 Å². The van der Waals surface area contributed by atoms with Gasteiger partial charge in [0.1, 0.15) is 5.75 Å². The fourth-order valence-electron chi connectivity index (χ4n) is 2.95. The maximum absolute atomic E-state index is 10.8. The molecule has 0 aliphatic carbocycles. The molecule has 0 radical (unpaired) electrons. The Morgan fingerprint density at radius 1 is 0.609 bits per heavy atom. The number of benzene rings is 2. The molecule has 2 aromatic carbocycles. The topological polar surface area (TPSA) is 20.2 Å². The minimum Gasteiger partial charge on any atom is -0.507 e. The summed E-state index contributed by atoms with van der Waals surface area (Å²) in [6.45, 7) is 19.9. The van der Waals surface area contributed by atoms with Gasteiger partial charge in [0.15, 0.2) is 0 Å². The molecule has 1 heteroatoms. The predicted molar refractivity (Wildman–Crippen MR) is 102 cm³/mol. The number of phenolic OH excluding ortho intramolecular Hbond substituents is 1. The van der Waals surface area contributed by atoms with Crippen molar-refractivity contribution in [3.05, 3.63) is 41.0 Å². The smallest absolute Gasteiger partial charge is 0.123 e. The molecule has 0 heterocycles. The molecule has 2 rings (SSSR count). The van der Waals surface area contributed by atoms with Crippen molar-refractivity contribution < 1.29 is 5.11 Å². The zero-order chi connectivity index (χ0) is 17.8. The fourth-order valence-corrected chi connectivity index (χ4v) is 2.95. The van der Waals surface area contributed by atoms with E-state index in [1.165, 1.54) is 16.7 Å². The molecule has 0 unspecified atom stereocenters. The highest BCUT2D eigenvalue weighted by Gasteiger charge is 2.25. The van der Waals surface area contributed by atoms with Gasteiger partial charge in [0.25, 0.3) is 0 Å². The third-order valence-corrected chi connectivity index (χ3v) is 4.57. The van der Waals surface area contributed by atoms with Crippen molar-refractivity contribution in [1.82, 2.24) is 0 Å². The van der Waals surface area contributed by atoms with Crippen LogP contribution in [0.15, 0.2) is 24.3 Å². The maximum Gasteiger partial charge on any atom is 0.123 e. The summed E-state index contributed by atoms with van der Waals surface area (Å²) in [5.74, 6) is 0.401. The molecule has 0 bridgehead atoms. The molecule has 0 atom stereocenters. The summed E-state index contributed by atoms with van der Waals surface area (Å²) in [7, 11) is 0. The van der Waals surface area contributed by atoms with Crippen LogP contribution < -0.4 is 0 Å². The molecule has 1 nitrogen and oxygen atoms in total. The van der Waals surface area contributed by atoms with Crippen molar-refractivity contribution in [3.63, 3.8) is 0 Å². The molecule has 0 aromatic heterocycles. The van der Waals surface area contributed by atoms with E-state index >= 15 is 0 Å². The van der Waals surface area contributed by atoms with E-state index in [2.05, 4.69) is 80.5 Å². The average molecular weight is 312 g/mol. The Morgan fingerprint density at radius 2 is 1.04 bits per heavy atom. The van der Waals surface area contributed by atoms with Gasteiger partial charge in [-0.2, -0.15) is 0 Å². The Bertz CT molecular complexity index is 726. The first kappa shape index (κ1) is 17.8. The van der Waals surface area contributed by atoms with Crippen molar-refractivity contribution in [2.75, 3.05) is 0 Å². The molecule has 2 aromatic rings. The SMILES string of the molecule is CC(C)(C)c1cc(O)c2c(C(C)(C)C)cc(C(C)(C)C)cc2c1. The molecule has 0 aliphatic heterocycles. The van der Waals surface area contributed by atoms with E-state index in [-0.39, 0.29) is 16.2 Å². The molecule has 0 fully saturated rings. The Hall–Kier alpha value is -1.50. The van der Waals surface area contributed by atoms with E-state index in [0.29, 0.717) is 5.75 Å². The first-order valence-electron chi connectivity index (χ1n) is 8.53. The number of aromatic hydroxyl groups is 1. The van der Waals surface area contributed by atoms with Crippen LogP contribution in [0.3, 0.4) is 0 Å². The average Bonchev–Trinajstić information content (AvgIpc) is 2.33. The zero-order valence-corrected chi connectivity index (χ0v) is 16.3. The third-order valence-electron chi connectivity index (χ3n) is 4.57. The van der Waals surface area contributed by atoms with E-state index in [1.54, 1.807) is 0 Å².